The van der Waals surface area contributed by atoms with Crippen molar-refractivity contribution in [2.45, 2.75) is 45.6 Å². The van der Waals surface area contributed by atoms with Gasteiger partial charge in [0, 0.05) is 17.7 Å². The monoisotopic (exact) mass is 364 g/mol. The average molecular weight is 364 g/mol. The lowest BCUT2D eigenvalue weighted by molar-refractivity contribution is 0.102. The van der Waals surface area contributed by atoms with Crippen LogP contribution in [0.4, 0.5) is 5.69 Å². The van der Waals surface area contributed by atoms with Gasteiger partial charge >= 0.3 is 0 Å². The van der Waals surface area contributed by atoms with Gasteiger partial charge in [0.25, 0.3) is 5.91 Å². The summed E-state index contributed by atoms with van der Waals surface area (Å²) in [5.74, 6) is 0.918. The van der Waals surface area contributed by atoms with E-state index < -0.39 is 0 Å². The van der Waals surface area contributed by atoms with Crippen molar-refractivity contribution in [3.05, 3.63) is 47.3 Å². The second kappa shape index (κ2) is 6.68. The predicted octanol–water partition coefficient (Wildman–Crippen LogP) is 4.46. The van der Waals surface area contributed by atoms with Gasteiger partial charge in [-0.2, -0.15) is 5.10 Å². The Kier molecular flexibility index (Phi) is 4.34. The van der Waals surface area contributed by atoms with Crippen molar-refractivity contribution < 1.29 is 9.53 Å². The van der Waals surface area contributed by atoms with E-state index in [1.807, 2.05) is 35.9 Å². The highest BCUT2D eigenvalue weighted by Gasteiger charge is 2.28. The van der Waals surface area contributed by atoms with Gasteiger partial charge in [-0.3, -0.25) is 4.79 Å². The minimum absolute atomic E-state index is 0.170. The summed E-state index contributed by atoms with van der Waals surface area (Å²) in [6.07, 6.45) is 3.99. The molecule has 140 valence electrons. The van der Waals surface area contributed by atoms with E-state index in [0.717, 1.165) is 35.1 Å². The summed E-state index contributed by atoms with van der Waals surface area (Å²) in [6, 6.07) is 7.83. The lowest BCUT2D eigenvalue weighted by Gasteiger charge is -2.13. The van der Waals surface area contributed by atoms with Crippen molar-refractivity contribution in [3.8, 4) is 5.75 Å². The molecule has 27 heavy (non-hydrogen) atoms. The van der Waals surface area contributed by atoms with Crippen LogP contribution in [0.3, 0.4) is 0 Å². The molecule has 0 atom stereocenters. The van der Waals surface area contributed by atoms with E-state index in [-0.39, 0.29) is 11.9 Å². The summed E-state index contributed by atoms with van der Waals surface area (Å²) in [6.45, 7) is 6.11. The van der Waals surface area contributed by atoms with E-state index >= 15 is 0 Å². The normalized spacial score (nSPS) is 14.0. The first-order valence-corrected chi connectivity index (χ1v) is 9.32. The maximum absolute atomic E-state index is 13.2. The first-order valence-electron chi connectivity index (χ1n) is 9.32. The first kappa shape index (κ1) is 17.5. The van der Waals surface area contributed by atoms with Gasteiger partial charge in [0.15, 0.2) is 5.65 Å². The molecule has 2 aromatic heterocycles. The maximum Gasteiger partial charge on any atom is 0.256 e. The van der Waals surface area contributed by atoms with E-state index in [1.165, 1.54) is 0 Å². The fourth-order valence-corrected chi connectivity index (χ4v) is 3.30. The largest absolute Gasteiger partial charge is 0.495 e. The van der Waals surface area contributed by atoms with Crippen LogP contribution >= 0.6 is 0 Å². The van der Waals surface area contributed by atoms with Crippen LogP contribution in [0.15, 0.2) is 30.5 Å². The third-order valence-electron chi connectivity index (χ3n) is 4.92. The number of anilines is 1. The topological polar surface area (TPSA) is 69.0 Å². The Hall–Kier alpha value is -2.89. The summed E-state index contributed by atoms with van der Waals surface area (Å²) in [4.78, 5) is 18.0. The number of aryl methyl sites for hydroxylation is 1. The zero-order chi connectivity index (χ0) is 19.1. The smallest absolute Gasteiger partial charge is 0.256 e. The maximum atomic E-state index is 13.2. The van der Waals surface area contributed by atoms with E-state index in [2.05, 4.69) is 24.3 Å². The number of hydrogen-bond donors (Lipinski definition) is 1. The van der Waals surface area contributed by atoms with Gasteiger partial charge in [-0.25, -0.2) is 9.67 Å². The molecule has 6 nitrogen and oxygen atoms in total. The lowest BCUT2D eigenvalue weighted by Crippen LogP contribution is -2.14. The Bertz CT molecular complexity index is 1020. The number of amides is 1. The van der Waals surface area contributed by atoms with Crippen LogP contribution in [-0.4, -0.2) is 27.8 Å². The van der Waals surface area contributed by atoms with Gasteiger partial charge < -0.3 is 10.1 Å². The fraction of sp³-hybridized carbons (Fsp3) is 0.381. The second-order valence-corrected chi connectivity index (χ2v) is 7.45. The first-order chi connectivity index (χ1) is 13.0. The van der Waals surface area contributed by atoms with E-state index in [1.54, 1.807) is 13.3 Å². The summed E-state index contributed by atoms with van der Waals surface area (Å²) in [5.41, 5.74) is 4.08. The number of rotatable bonds is 5. The third kappa shape index (κ3) is 3.27. The molecular weight excluding hydrogens is 340 g/mol. The molecule has 1 fully saturated rings. The number of carbonyl (C=O) groups excluding carboxylic acids is 1. The molecule has 1 aromatic carbocycles. The molecule has 0 radical (unpaired) electrons. The van der Waals surface area contributed by atoms with Gasteiger partial charge in [0.05, 0.1) is 29.9 Å². The molecule has 1 saturated carbocycles. The van der Waals surface area contributed by atoms with Crippen LogP contribution in [0.25, 0.3) is 11.0 Å². The van der Waals surface area contributed by atoms with Crippen molar-refractivity contribution in [1.82, 2.24) is 14.8 Å². The number of nitrogens with zero attached hydrogens (tertiary/aromatic N) is 3. The number of carbonyl (C=O) groups is 1. The van der Waals surface area contributed by atoms with Gasteiger partial charge in [-0.1, -0.05) is 6.07 Å². The number of aromatic nitrogens is 3. The Balaban J connectivity index is 1.78. The van der Waals surface area contributed by atoms with E-state index in [9.17, 15) is 4.79 Å². The molecular formula is C21H24N4O2. The Morgan fingerprint density at radius 1 is 1.30 bits per heavy atom. The minimum atomic E-state index is -0.170. The Morgan fingerprint density at radius 3 is 2.74 bits per heavy atom. The molecule has 2 heterocycles. The second-order valence-electron chi connectivity index (χ2n) is 7.45. The standard InChI is InChI=1S/C21H24N4O2/c1-12(2)25-20-16(11-22-25)15(10-17(23-20)14-6-7-14)21(26)24-18-9-13(3)5-8-19(18)27-4/h5,8-12,14H,6-7H2,1-4H3,(H,24,26). The summed E-state index contributed by atoms with van der Waals surface area (Å²) >= 11 is 0. The van der Waals surface area contributed by atoms with Crippen molar-refractivity contribution in [1.29, 1.82) is 0 Å². The van der Waals surface area contributed by atoms with Crippen LogP contribution < -0.4 is 10.1 Å². The molecule has 3 aromatic rings. The van der Waals surface area contributed by atoms with Crippen LogP contribution in [0, 0.1) is 6.92 Å². The number of benzene rings is 1. The Morgan fingerprint density at radius 2 is 2.07 bits per heavy atom. The highest BCUT2D eigenvalue weighted by Crippen LogP contribution is 2.40. The van der Waals surface area contributed by atoms with Gasteiger partial charge in [-0.15, -0.1) is 0 Å². The molecule has 0 bridgehead atoms. The lowest BCUT2D eigenvalue weighted by atomic mass is 10.1. The molecule has 1 amide bonds. The quantitative estimate of drug-likeness (QED) is 0.726. The molecule has 4 rings (SSSR count). The highest BCUT2D eigenvalue weighted by atomic mass is 16.5. The predicted molar refractivity (Wildman–Crippen MR) is 106 cm³/mol. The number of nitrogens with one attached hydrogen (secondary N) is 1. The SMILES string of the molecule is COc1ccc(C)cc1NC(=O)c1cc(C2CC2)nc2c1cnn2C(C)C. The number of hydrogen-bond acceptors (Lipinski definition) is 4. The van der Waals surface area contributed by atoms with Gasteiger partial charge in [0.2, 0.25) is 0 Å². The molecule has 1 aliphatic carbocycles. The van der Waals surface area contributed by atoms with Gasteiger partial charge in [-0.05, 0) is 57.4 Å². The number of methoxy groups -OCH3 is 1. The number of ether oxygens (including phenoxy) is 1. The molecule has 6 heteroatoms. The zero-order valence-corrected chi connectivity index (χ0v) is 16.1. The number of pyridine rings is 1. The number of fused-ring (bicyclic) bond motifs is 1. The molecule has 0 unspecified atom stereocenters. The minimum Gasteiger partial charge on any atom is -0.495 e. The van der Waals surface area contributed by atoms with Crippen LogP contribution in [0.2, 0.25) is 0 Å². The highest BCUT2D eigenvalue weighted by molar-refractivity contribution is 6.12. The average Bonchev–Trinajstić information content (AvgIpc) is 3.40. The Labute approximate surface area is 158 Å². The van der Waals surface area contributed by atoms with Crippen molar-refractivity contribution in [3.63, 3.8) is 0 Å². The molecule has 1 N–H and O–H groups in total. The summed E-state index contributed by atoms with van der Waals surface area (Å²) in [7, 11) is 1.60. The van der Waals surface area contributed by atoms with E-state index in [0.29, 0.717) is 22.9 Å². The third-order valence-corrected chi connectivity index (χ3v) is 4.92. The van der Waals surface area contributed by atoms with Crippen LogP contribution in [-0.2, 0) is 0 Å². The van der Waals surface area contributed by atoms with Gasteiger partial charge in [0.1, 0.15) is 5.75 Å². The van der Waals surface area contributed by atoms with Crippen LogP contribution in [0.1, 0.15) is 60.3 Å². The van der Waals surface area contributed by atoms with Crippen LogP contribution in [0.5, 0.6) is 5.75 Å². The molecule has 0 spiro atoms. The van der Waals surface area contributed by atoms with Crippen molar-refractivity contribution >= 4 is 22.6 Å². The molecule has 0 aliphatic heterocycles. The fourth-order valence-electron chi connectivity index (χ4n) is 3.30. The van der Waals surface area contributed by atoms with Crippen molar-refractivity contribution in [2.24, 2.45) is 0 Å². The summed E-state index contributed by atoms with van der Waals surface area (Å²) in [5, 5.41) is 8.25. The molecule has 0 saturated heterocycles. The molecule has 1 aliphatic rings. The van der Waals surface area contributed by atoms with Crippen molar-refractivity contribution in [2.75, 3.05) is 12.4 Å². The zero-order valence-electron chi connectivity index (χ0n) is 16.1. The van der Waals surface area contributed by atoms with E-state index in [4.69, 9.17) is 9.72 Å². The summed E-state index contributed by atoms with van der Waals surface area (Å²) < 4.78 is 7.27.